The van der Waals surface area contributed by atoms with E-state index in [2.05, 4.69) is 5.10 Å². The lowest BCUT2D eigenvalue weighted by Gasteiger charge is -2.01. The molecule has 0 fully saturated rings. The Bertz CT molecular complexity index is 547. The van der Waals surface area contributed by atoms with Crippen molar-refractivity contribution in [1.82, 2.24) is 9.78 Å². The third-order valence-corrected chi connectivity index (χ3v) is 2.28. The van der Waals surface area contributed by atoms with E-state index in [9.17, 15) is 9.18 Å². The Labute approximate surface area is 96.8 Å². The van der Waals surface area contributed by atoms with Crippen LogP contribution < -0.4 is 11.5 Å². The molecule has 0 aliphatic rings. The van der Waals surface area contributed by atoms with Gasteiger partial charge in [-0.15, -0.1) is 0 Å². The average molecular weight is 234 g/mol. The normalized spacial score (nSPS) is 10.4. The van der Waals surface area contributed by atoms with Gasteiger partial charge < -0.3 is 11.5 Å². The molecule has 1 amide bonds. The van der Waals surface area contributed by atoms with Gasteiger partial charge in [0.2, 0.25) is 0 Å². The number of anilines is 1. The van der Waals surface area contributed by atoms with Crippen LogP contribution in [0.15, 0.2) is 30.5 Å². The molecule has 0 saturated carbocycles. The Kier molecular flexibility index (Phi) is 2.78. The summed E-state index contributed by atoms with van der Waals surface area (Å²) in [6.07, 6.45) is 1.52. The summed E-state index contributed by atoms with van der Waals surface area (Å²) in [5.74, 6) is -0.966. The van der Waals surface area contributed by atoms with E-state index in [1.165, 1.54) is 23.0 Å². The minimum Gasteiger partial charge on any atom is -0.396 e. The molecule has 2 aromatic rings. The molecular weight excluding hydrogens is 223 g/mol. The zero-order valence-electron chi connectivity index (χ0n) is 8.93. The quantitative estimate of drug-likeness (QED) is 0.821. The summed E-state index contributed by atoms with van der Waals surface area (Å²) >= 11 is 0. The first-order chi connectivity index (χ1) is 8.06. The Morgan fingerprint density at radius 1 is 1.35 bits per heavy atom. The molecule has 5 nitrogen and oxygen atoms in total. The van der Waals surface area contributed by atoms with Crippen LogP contribution in [0, 0.1) is 5.82 Å². The molecular formula is C11H11FN4O. The predicted molar refractivity (Wildman–Crippen MR) is 60.7 cm³/mol. The van der Waals surface area contributed by atoms with E-state index >= 15 is 0 Å². The molecule has 1 aromatic heterocycles. The fraction of sp³-hybridized carbons (Fsp3) is 0.0909. The summed E-state index contributed by atoms with van der Waals surface area (Å²) in [6, 6.07) is 5.99. The van der Waals surface area contributed by atoms with Crippen LogP contribution in [0.2, 0.25) is 0 Å². The lowest BCUT2D eigenvalue weighted by molar-refractivity contribution is 0.0995. The monoisotopic (exact) mass is 234 g/mol. The number of carbonyl (C=O) groups excluding carboxylic acids is 1. The SMILES string of the molecule is NC(=O)c1nn(Cc2ccc(F)cc2)cc1N. The molecule has 17 heavy (non-hydrogen) atoms. The van der Waals surface area contributed by atoms with Gasteiger partial charge >= 0.3 is 0 Å². The number of hydrogen-bond donors (Lipinski definition) is 2. The second-order valence-corrected chi connectivity index (χ2v) is 3.62. The molecule has 88 valence electrons. The van der Waals surface area contributed by atoms with Gasteiger partial charge in [0.1, 0.15) is 5.82 Å². The number of primary amides is 1. The van der Waals surface area contributed by atoms with E-state index in [1.54, 1.807) is 12.1 Å². The summed E-state index contributed by atoms with van der Waals surface area (Å²) in [5, 5.41) is 3.95. The number of benzene rings is 1. The summed E-state index contributed by atoms with van der Waals surface area (Å²) in [7, 11) is 0. The first-order valence-electron chi connectivity index (χ1n) is 4.93. The lowest BCUT2D eigenvalue weighted by atomic mass is 10.2. The minimum atomic E-state index is -0.666. The number of nitrogen functional groups attached to an aromatic ring is 1. The van der Waals surface area contributed by atoms with Crippen LogP contribution in [-0.4, -0.2) is 15.7 Å². The van der Waals surface area contributed by atoms with Gasteiger partial charge in [-0.2, -0.15) is 5.10 Å². The van der Waals surface area contributed by atoms with Crippen molar-refractivity contribution in [3.8, 4) is 0 Å². The van der Waals surface area contributed by atoms with E-state index in [4.69, 9.17) is 11.5 Å². The molecule has 0 spiro atoms. The molecule has 0 unspecified atom stereocenters. The fourth-order valence-corrected chi connectivity index (χ4v) is 1.49. The number of rotatable bonds is 3. The number of hydrogen-bond acceptors (Lipinski definition) is 3. The van der Waals surface area contributed by atoms with Gasteiger partial charge in [-0.25, -0.2) is 4.39 Å². The summed E-state index contributed by atoms with van der Waals surface area (Å²) < 4.78 is 14.2. The predicted octanol–water partition coefficient (Wildman–Crippen LogP) is 0.752. The number of nitrogens with two attached hydrogens (primary N) is 2. The summed E-state index contributed by atoms with van der Waals surface area (Å²) in [5.41, 5.74) is 11.8. The standard InChI is InChI=1S/C11H11FN4O/c12-8-3-1-7(2-4-8)5-16-6-9(13)10(15-16)11(14)17/h1-4,6H,5,13H2,(H2,14,17). The van der Waals surface area contributed by atoms with E-state index in [0.717, 1.165) is 5.56 Å². The molecule has 6 heteroatoms. The number of amides is 1. The van der Waals surface area contributed by atoms with Crippen LogP contribution in [0.1, 0.15) is 16.1 Å². The van der Waals surface area contributed by atoms with Gasteiger partial charge in [-0.3, -0.25) is 9.48 Å². The number of nitrogens with zero attached hydrogens (tertiary/aromatic N) is 2. The van der Waals surface area contributed by atoms with Crippen molar-refractivity contribution >= 4 is 11.6 Å². The van der Waals surface area contributed by atoms with Crippen LogP contribution >= 0.6 is 0 Å². The third kappa shape index (κ3) is 2.41. The van der Waals surface area contributed by atoms with Crippen molar-refractivity contribution < 1.29 is 9.18 Å². The van der Waals surface area contributed by atoms with Gasteiger partial charge in [0.15, 0.2) is 5.69 Å². The topological polar surface area (TPSA) is 86.9 Å². The highest BCUT2D eigenvalue weighted by Gasteiger charge is 2.11. The van der Waals surface area contributed by atoms with Crippen molar-refractivity contribution in [2.24, 2.45) is 5.73 Å². The molecule has 4 N–H and O–H groups in total. The Hall–Kier alpha value is -2.37. The number of carbonyl (C=O) groups is 1. The fourth-order valence-electron chi connectivity index (χ4n) is 1.49. The molecule has 0 saturated heterocycles. The molecule has 0 aliphatic heterocycles. The van der Waals surface area contributed by atoms with Crippen molar-refractivity contribution in [2.45, 2.75) is 6.54 Å². The van der Waals surface area contributed by atoms with Crippen molar-refractivity contribution in [2.75, 3.05) is 5.73 Å². The minimum absolute atomic E-state index is 0.0483. The zero-order valence-corrected chi connectivity index (χ0v) is 8.93. The van der Waals surface area contributed by atoms with Crippen LogP contribution in [0.5, 0.6) is 0 Å². The Morgan fingerprint density at radius 3 is 2.53 bits per heavy atom. The first-order valence-corrected chi connectivity index (χ1v) is 4.93. The van der Waals surface area contributed by atoms with Gasteiger partial charge in [-0.05, 0) is 17.7 Å². The van der Waals surface area contributed by atoms with Gasteiger partial charge in [0, 0.05) is 6.20 Å². The highest BCUT2D eigenvalue weighted by molar-refractivity contribution is 5.95. The molecule has 0 radical (unpaired) electrons. The number of aromatic nitrogens is 2. The van der Waals surface area contributed by atoms with Crippen LogP contribution in [0.4, 0.5) is 10.1 Å². The number of halogens is 1. The maximum Gasteiger partial charge on any atom is 0.271 e. The first kappa shape index (κ1) is 11.1. The van der Waals surface area contributed by atoms with Crippen molar-refractivity contribution in [3.63, 3.8) is 0 Å². The van der Waals surface area contributed by atoms with E-state index in [1.807, 2.05) is 0 Å². The third-order valence-electron chi connectivity index (χ3n) is 2.28. The highest BCUT2D eigenvalue weighted by Crippen LogP contribution is 2.10. The highest BCUT2D eigenvalue weighted by atomic mass is 19.1. The second kappa shape index (κ2) is 4.25. The second-order valence-electron chi connectivity index (χ2n) is 3.62. The largest absolute Gasteiger partial charge is 0.396 e. The van der Waals surface area contributed by atoms with Gasteiger partial charge in [-0.1, -0.05) is 12.1 Å². The smallest absolute Gasteiger partial charge is 0.271 e. The molecule has 1 heterocycles. The molecule has 0 bridgehead atoms. The van der Waals surface area contributed by atoms with Crippen LogP contribution in [0.3, 0.4) is 0 Å². The van der Waals surface area contributed by atoms with Crippen molar-refractivity contribution in [1.29, 1.82) is 0 Å². The molecule has 1 aromatic carbocycles. The Balaban J connectivity index is 2.22. The molecule has 2 rings (SSSR count). The summed E-state index contributed by atoms with van der Waals surface area (Å²) in [4.78, 5) is 10.9. The van der Waals surface area contributed by atoms with Gasteiger partial charge in [0.25, 0.3) is 5.91 Å². The van der Waals surface area contributed by atoms with E-state index < -0.39 is 5.91 Å². The maximum atomic E-state index is 12.7. The van der Waals surface area contributed by atoms with Crippen molar-refractivity contribution in [3.05, 3.63) is 47.5 Å². The van der Waals surface area contributed by atoms with E-state index in [0.29, 0.717) is 6.54 Å². The van der Waals surface area contributed by atoms with E-state index in [-0.39, 0.29) is 17.2 Å². The van der Waals surface area contributed by atoms with Gasteiger partial charge in [0.05, 0.1) is 12.2 Å². The van der Waals surface area contributed by atoms with Crippen LogP contribution in [0.25, 0.3) is 0 Å². The lowest BCUT2D eigenvalue weighted by Crippen LogP contribution is -2.14. The van der Waals surface area contributed by atoms with Crippen LogP contribution in [-0.2, 0) is 6.54 Å². The maximum absolute atomic E-state index is 12.7. The molecule has 0 atom stereocenters. The average Bonchev–Trinajstić information content (AvgIpc) is 2.63. The Morgan fingerprint density at radius 2 is 2.00 bits per heavy atom. The zero-order chi connectivity index (χ0) is 12.4. The summed E-state index contributed by atoms with van der Waals surface area (Å²) in [6.45, 7) is 0.401. The molecule has 0 aliphatic carbocycles.